The standard InChI is InChI=1S/C22H29N3O4S/c1-16-12-21(25(23-16)11-10-17-6-4-3-5-7-17)24-14-19(13-20(24)22(26)29-2)30(27,28)15-18-8-9-18/h3-7,12,18-20H,8-11,13-15H2,1-2H3/t19-,20+/m1/s1. The van der Waals surface area contributed by atoms with Crippen molar-refractivity contribution in [2.45, 2.75) is 50.4 Å². The number of nitrogens with zero attached hydrogens (tertiary/aromatic N) is 3. The van der Waals surface area contributed by atoms with Gasteiger partial charge in [-0.3, -0.25) is 0 Å². The molecule has 2 heterocycles. The van der Waals surface area contributed by atoms with E-state index in [0.29, 0.717) is 19.0 Å². The lowest BCUT2D eigenvalue weighted by molar-refractivity contribution is -0.141. The van der Waals surface area contributed by atoms with E-state index >= 15 is 0 Å². The first-order chi connectivity index (χ1) is 14.4. The van der Waals surface area contributed by atoms with Gasteiger partial charge in [-0.15, -0.1) is 0 Å². The zero-order valence-electron chi connectivity index (χ0n) is 17.5. The molecule has 2 aromatic rings. The minimum Gasteiger partial charge on any atom is -0.467 e. The summed E-state index contributed by atoms with van der Waals surface area (Å²) in [6, 6.07) is 11.5. The van der Waals surface area contributed by atoms with E-state index in [1.807, 2.05) is 40.8 Å². The number of methoxy groups -OCH3 is 1. The van der Waals surface area contributed by atoms with Gasteiger partial charge in [-0.1, -0.05) is 30.3 Å². The quantitative estimate of drug-likeness (QED) is 0.597. The highest BCUT2D eigenvalue weighted by atomic mass is 32.2. The molecular weight excluding hydrogens is 402 g/mol. The van der Waals surface area contributed by atoms with Crippen LogP contribution in [0.25, 0.3) is 0 Å². The highest BCUT2D eigenvalue weighted by Crippen LogP contribution is 2.35. The van der Waals surface area contributed by atoms with Gasteiger partial charge in [0, 0.05) is 19.2 Å². The fourth-order valence-corrected chi connectivity index (χ4v) is 6.35. The van der Waals surface area contributed by atoms with Gasteiger partial charge < -0.3 is 9.64 Å². The lowest BCUT2D eigenvalue weighted by Crippen LogP contribution is -2.38. The van der Waals surface area contributed by atoms with E-state index in [0.717, 1.165) is 30.8 Å². The van der Waals surface area contributed by atoms with E-state index in [1.54, 1.807) is 0 Å². The third-order valence-corrected chi connectivity index (χ3v) is 8.33. The third kappa shape index (κ3) is 4.53. The third-order valence-electron chi connectivity index (χ3n) is 6.04. The Kier molecular flexibility index (Phi) is 5.86. The average molecular weight is 432 g/mol. The Balaban J connectivity index is 1.58. The van der Waals surface area contributed by atoms with Gasteiger partial charge in [0.25, 0.3) is 0 Å². The molecule has 0 unspecified atom stereocenters. The van der Waals surface area contributed by atoms with Crippen LogP contribution < -0.4 is 4.90 Å². The summed E-state index contributed by atoms with van der Waals surface area (Å²) in [6.45, 7) is 2.86. The van der Waals surface area contributed by atoms with Crippen molar-refractivity contribution < 1.29 is 17.9 Å². The van der Waals surface area contributed by atoms with Gasteiger partial charge in [0.15, 0.2) is 9.84 Å². The molecule has 1 aromatic carbocycles. The number of esters is 1. The summed E-state index contributed by atoms with van der Waals surface area (Å²) in [5.41, 5.74) is 2.04. The van der Waals surface area contributed by atoms with E-state index in [2.05, 4.69) is 17.2 Å². The second-order valence-corrected chi connectivity index (χ2v) is 10.8. The first kappa shape index (κ1) is 20.9. The summed E-state index contributed by atoms with van der Waals surface area (Å²) >= 11 is 0. The van der Waals surface area contributed by atoms with Gasteiger partial charge >= 0.3 is 5.97 Å². The molecule has 8 heteroatoms. The number of benzene rings is 1. The van der Waals surface area contributed by atoms with Gasteiger partial charge in [-0.2, -0.15) is 5.10 Å². The van der Waals surface area contributed by atoms with Crippen molar-refractivity contribution in [1.82, 2.24) is 9.78 Å². The van der Waals surface area contributed by atoms with Crippen LogP contribution in [-0.2, 0) is 32.3 Å². The monoisotopic (exact) mass is 431 g/mol. The Bertz CT molecular complexity index is 999. The second-order valence-electron chi connectivity index (χ2n) is 8.42. The van der Waals surface area contributed by atoms with Crippen molar-refractivity contribution >= 4 is 21.6 Å². The molecule has 2 atom stereocenters. The highest BCUT2D eigenvalue weighted by Gasteiger charge is 2.45. The predicted octanol–water partition coefficient (Wildman–Crippen LogP) is 2.38. The molecule has 7 nitrogen and oxygen atoms in total. The van der Waals surface area contributed by atoms with E-state index < -0.39 is 27.1 Å². The van der Waals surface area contributed by atoms with Crippen LogP contribution in [0.2, 0.25) is 0 Å². The summed E-state index contributed by atoms with van der Waals surface area (Å²) in [5, 5.41) is 4.05. The van der Waals surface area contributed by atoms with Crippen molar-refractivity contribution in [1.29, 1.82) is 0 Å². The Morgan fingerprint density at radius 2 is 1.97 bits per heavy atom. The summed E-state index contributed by atoms with van der Waals surface area (Å²) < 4.78 is 32.7. The number of rotatable bonds is 8. The van der Waals surface area contributed by atoms with E-state index in [-0.39, 0.29) is 12.2 Å². The molecule has 2 aliphatic rings. The molecule has 0 radical (unpaired) electrons. The average Bonchev–Trinajstić information content (AvgIpc) is 3.27. The van der Waals surface area contributed by atoms with Gasteiger partial charge in [0.1, 0.15) is 11.9 Å². The van der Waals surface area contributed by atoms with Crippen LogP contribution in [0.15, 0.2) is 36.4 Å². The first-order valence-electron chi connectivity index (χ1n) is 10.5. The zero-order valence-corrected chi connectivity index (χ0v) is 18.3. The molecular formula is C22H29N3O4S. The van der Waals surface area contributed by atoms with Crippen LogP contribution in [0, 0.1) is 12.8 Å². The van der Waals surface area contributed by atoms with E-state index in [4.69, 9.17) is 4.74 Å². The van der Waals surface area contributed by atoms with Gasteiger partial charge in [0.05, 0.1) is 23.8 Å². The molecule has 1 aliphatic heterocycles. The summed E-state index contributed by atoms with van der Waals surface area (Å²) in [7, 11) is -1.90. The second kappa shape index (κ2) is 8.41. The van der Waals surface area contributed by atoms with E-state index in [9.17, 15) is 13.2 Å². The number of aromatic nitrogens is 2. The summed E-state index contributed by atoms with van der Waals surface area (Å²) in [6.07, 6.45) is 3.04. The van der Waals surface area contributed by atoms with Crippen molar-refractivity contribution in [2.24, 2.45) is 5.92 Å². The molecule has 1 saturated carbocycles. The minimum atomic E-state index is -3.25. The molecule has 0 spiro atoms. The van der Waals surface area contributed by atoms with Crippen molar-refractivity contribution in [3.8, 4) is 0 Å². The molecule has 30 heavy (non-hydrogen) atoms. The fraction of sp³-hybridized carbons (Fsp3) is 0.545. The lowest BCUT2D eigenvalue weighted by atomic mass is 10.1. The number of carbonyl (C=O) groups excluding carboxylic acids is 1. The maximum absolute atomic E-state index is 12.9. The number of ether oxygens (including phenoxy) is 1. The maximum Gasteiger partial charge on any atom is 0.328 e. The minimum absolute atomic E-state index is 0.228. The number of hydrogen-bond acceptors (Lipinski definition) is 6. The largest absolute Gasteiger partial charge is 0.467 e. The van der Waals surface area contributed by atoms with Crippen LogP contribution in [-0.4, -0.2) is 54.9 Å². The Labute approximate surface area is 177 Å². The summed E-state index contributed by atoms with van der Waals surface area (Å²) in [4.78, 5) is 14.4. The van der Waals surface area contributed by atoms with Crippen LogP contribution in [0.3, 0.4) is 0 Å². The van der Waals surface area contributed by atoms with Crippen molar-refractivity contribution in [3.05, 3.63) is 47.7 Å². The topological polar surface area (TPSA) is 81.5 Å². The number of carbonyl (C=O) groups is 1. The van der Waals surface area contributed by atoms with E-state index in [1.165, 1.54) is 12.7 Å². The fourth-order valence-electron chi connectivity index (χ4n) is 4.23. The Morgan fingerprint density at radius 3 is 2.63 bits per heavy atom. The maximum atomic E-state index is 12.9. The summed E-state index contributed by atoms with van der Waals surface area (Å²) in [5.74, 6) is 0.904. The molecule has 0 N–H and O–H groups in total. The van der Waals surface area contributed by atoms with Crippen LogP contribution in [0.4, 0.5) is 5.82 Å². The number of sulfone groups is 1. The smallest absolute Gasteiger partial charge is 0.328 e. The van der Waals surface area contributed by atoms with Gasteiger partial charge in [0.2, 0.25) is 0 Å². The van der Waals surface area contributed by atoms with Crippen LogP contribution >= 0.6 is 0 Å². The zero-order chi connectivity index (χ0) is 21.3. The van der Waals surface area contributed by atoms with Crippen molar-refractivity contribution in [3.63, 3.8) is 0 Å². The predicted molar refractivity (Wildman–Crippen MR) is 115 cm³/mol. The number of anilines is 1. The van der Waals surface area contributed by atoms with Crippen LogP contribution in [0.1, 0.15) is 30.5 Å². The molecule has 0 bridgehead atoms. The van der Waals surface area contributed by atoms with Crippen molar-refractivity contribution in [2.75, 3.05) is 24.3 Å². The molecule has 2 fully saturated rings. The van der Waals surface area contributed by atoms with Gasteiger partial charge in [-0.05, 0) is 44.1 Å². The Morgan fingerprint density at radius 1 is 1.23 bits per heavy atom. The molecule has 1 aliphatic carbocycles. The molecule has 0 amide bonds. The molecule has 1 aromatic heterocycles. The lowest BCUT2D eigenvalue weighted by Gasteiger charge is -2.25. The highest BCUT2D eigenvalue weighted by molar-refractivity contribution is 7.92. The van der Waals surface area contributed by atoms with Crippen LogP contribution in [0.5, 0.6) is 0 Å². The number of hydrogen-bond donors (Lipinski definition) is 0. The normalized spacial score (nSPS) is 21.7. The van der Waals surface area contributed by atoms with Gasteiger partial charge in [-0.25, -0.2) is 17.9 Å². The SMILES string of the molecule is COC(=O)[C@@H]1C[C@@H](S(=O)(=O)CC2CC2)CN1c1cc(C)nn1CCc1ccccc1. The molecule has 162 valence electrons. The molecule has 1 saturated heterocycles. The first-order valence-corrected chi connectivity index (χ1v) is 12.2. The number of aryl methyl sites for hydroxylation is 3. The Hall–Kier alpha value is -2.35. The molecule has 4 rings (SSSR count).